The van der Waals surface area contributed by atoms with Crippen LogP contribution in [0.2, 0.25) is 0 Å². The SMILES string of the molecule is C=C/C=C\C1=C(C)C(C(=O)N(C)CCC2=CC(CO)=CC=CC2)C1. The molecule has 1 atom stereocenters. The third-order valence-corrected chi connectivity index (χ3v) is 4.73. The van der Waals surface area contributed by atoms with Crippen molar-refractivity contribution in [2.75, 3.05) is 20.2 Å². The van der Waals surface area contributed by atoms with Gasteiger partial charge in [-0.05, 0) is 37.3 Å². The molecule has 3 heteroatoms. The molecule has 0 saturated heterocycles. The molecule has 0 saturated carbocycles. The molecule has 128 valence electrons. The maximum Gasteiger partial charge on any atom is 0.229 e. The minimum Gasteiger partial charge on any atom is -0.392 e. The van der Waals surface area contributed by atoms with Crippen molar-refractivity contribution in [1.82, 2.24) is 4.90 Å². The van der Waals surface area contributed by atoms with E-state index in [9.17, 15) is 9.90 Å². The topological polar surface area (TPSA) is 40.5 Å². The second kappa shape index (κ2) is 8.65. The van der Waals surface area contributed by atoms with Gasteiger partial charge >= 0.3 is 0 Å². The average Bonchev–Trinajstić information content (AvgIpc) is 2.83. The van der Waals surface area contributed by atoms with Crippen LogP contribution in [0.4, 0.5) is 0 Å². The molecule has 0 aromatic carbocycles. The summed E-state index contributed by atoms with van der Waals surface area (Å²) in [5, 5.41) is 9.30. The first-order chi connectivity index (χ1) is 11.6. The first-order valence-corrected chi connectivity index (χ1v) is 8.46. The Bertz CT molecular complexity index is 647. The Hall–Kier alpha value is -2.13. The van der Waals surface area contributed by atoms with Crippen molar-refractivity contribution in [2.24, 2.45) is 5.92 Å². The van der Waals surface area contributed by atoms with E-state index in [-0.39, 0.29) is 18.4 Å². The third-order valence-electron chi connectivity index (χ3n) is 4.73. The molecular formula is C21H27NO2. The summed E-state index contributed by atoms with van der Waals surface area (Å²) in [5.74, 6) is 0.223. The molecule has 0 aromatic rings. The monoisotopic (exact) mass is 325 g/mol. The fraction of sp³-hybridized carbons (Fsp3) is 0.381. The summed E-state index contributed by atoms with van der Waals surface area (Å²) in [6.45, 7) is 6.47. The van der Waals surface area contributed by atoms with Crippen molar-refractivity contribution in [1.29, 1.82) is 0 Å². The van der Waals surface area contributed by atoms with Gasteiger partial charge in [-0.1, -0.05) is 60.3 Å². The predicted octanol–water partition coefficient (Wildman–Crippen LogP) is 3.72. The smallest absolute Gasteiger partial charge is 0.229 e. The molecule has 1 amide bonds. The molecule has 24 heavy (non-hydrogen) atoms. The van der Waals surface area contributed by atoms with Gasteiger partial charge in [-0.2, -0.15) is 0 Å². The van der Waals surface area contributed by atoms with Gasteiger partial charge < -0.3 is 10.0 Å². The Kier molecular flexibility index (Phi) is 6.56. The number of aliphatic hydroxyl groups is 1. The number of amides is 1. The van der Waals surface area contributed by atoms with Crippen LogP contribution in [0, 0.1) is 5.92 Å². The van der Waals surface area contributed by atoms with E-state index < -0.39 is 0 Å². The highest BCUT2D eigenvalue weighted by Gasteiger charge is 2.32. The number of carbonyl (C=O) groups is 1. The van der Waals surface area contributed by atoms with Gasteiger partial charge in [0, 0.05) is 13.6 Å². The van der Waals surface area contributed by atoms with Crippen LogP contribution in [0.25, 0.3) is 0 Å². The summed E-state index contributed by atoms with van der Waals surface area (Å²) in [6.07, 6.45) is 16.3. The van der Waals surface area contributed by atoms with Crippen molar-refractivity contribution < 1.29 is 9.90 Å². The van der Waals surface area contributed by atoms with Crippen molar-refractivity contribution in [3.05, 3.63) is 71.4 Å². The minimum absolute atomic E-state index is 0.0235. The zero-order valence-electron chi connectivity index (χ0n) is 14.7. The molecular weight excluding hydrogens is 298 g/mol. The maximum absolute atomic E-state index is 12.6. The van der Waals surface area contributed by atoms with Crippen LogP contribution >= 0.6 is 0 Å². The second-order valence-corrected chi connectivity index (χ2v) is 6.40. The standard InChI is InChI=1S/C21H27NO2/c1-4-5-10-19-14-20(16(19)2)21(24)22(3)12-11-17-8-6-7-9-18(13-17)15-23/h4-7,9-10,13,20,23H,1,8,11-12,14-15H2,2-3H3/b10-5-. The largest absolute Gasteiger partial charge is 0.392 e. The van der Waals surface area contributed by atoms with Crippen LogP contribution in [0.5, 0.6) is 0 Å². The number of carbonyl (C=O) groups excluding carboxylic acids is 1. The highest BCUT2D eigenvalue weighted by Crippen LogP contribution is 2.36. The van der Waals surface area contributed by atoms with E-state index in [1.165, 1.54) is 16.7 Å². The molecule has 3 nitrogen and oxygen atoms in total. The molecule has 0 aliphatic heterocycles. The van der Waals surface area contributed by atoms with Gasteiger partial charge in [-0.3, -0.25) is 4.79 Å². The van der Waals surface area contributed by atoms with Crippen LogP contribution in [0.3, 0.4) is 0 Å². The Morgan fingerprint density at radius 1 is 1.50 bits per heavy atom. The molecule has 1 unspecified atom stereocenters. The Balaban J connectivity index is 1.89. The molecule has 2 rings (SSSR count). The Labute approximate surface area is 145 Å². The summed E-state index contributed by atoms with van der Waals surface area (Å²) in [7, 11) is 1.88. The number of rotatable bonds is 7. The fourth-order valence-electron chi connectivity index (χ4n) is 3.02. The molecule has 0 bridgehead atoms. The molecule has 0 heterocycles. The van der Waals surface area contributed by atoms with E-state index in [0.717, 1.165) is 24.8 Å². The quantitative estimate of drug-likeness (QED) is 0.725. The molecule has 0 aromatic heterocycles. The molecule has 2 aliphatic rings. The minimum atomic E-state index is 0.0235. The second-order valence-electron chi connectivity index (χ2n) is 6.40. The molecule has 0 fully saturated rings. The summed E-state index contributed by atoms with van der Waals surface area (Å²) in [6, 6.07) is 0. The number of nitrogens with zero attached hydrogens (tertiary/aromatic N) is 1. The molecule has 0 radical (unpaired) electrons. The first-order valence-electron chi connectivity index (χ1n) is 8.46. The van der Waals surface area contributed by atoms with Gasteiger partial charge in [0.25, 0.3) is 0 Å². The van der Waals surface area contributed by atoms with Gasteiger partial charge in [0.15, 0.2) is 0 Å². The van der Waals surface area contributed by atoms with Crippen molar-refractivity contribution in [3.8, 4) is 0 Å². The fourth-order valence-corrected chi connectivity index (χ4v) is 3.02. The highest BCUT2D eigenvalue weighted by molar-refractivity contribution is 5.84. The molecule has 2 aliphatic carbocycles. The number of aliphatic hydroxyl groups excluding tert-OH is 1. The summed E-state index contributed by atoms with van der Waals surface area (Å²) >= 11 is 0. The number of allylic oxidation sites excluding steroid dienone is 7. The van der Waals surface area contributed by atoms with E-state index in [4.69, 9.17) is 0 Å². The van der Waals surface area contributed by atoms with Crippen LogP contribution in [-0.4, -0.2) is 36.1 Å². The lowest BCUT2D eigenvalue weighted by molar-refractivity contribution is -0.133. The lowest BCUT2D eigenvalue weighted by Gasteiger charge is -2.32. The summed E-state index contributed by atoms with van der Waals surface area (Å²) in [4.78, 5) is 14.4. The van der Waals surface area contributed by atoms with Crippen LogP contribution in [-0.2, 0) is 4.79 Å². The zero-order chi connectivity index (χ0) is 17.5. The zero-order valence-corrected chi connectivity index (χ0v) is 14.7. The van der Waals surface area contributed by atoms with Gasteiger partial charge in [0.2, 0.25) is 5.91 Å². The average molecular weight is 325 g/mol. The van der Waals surface area contributed by atoms with E-state index >= 15 is 0 Å². The predicted molar refractivity (Wildman–Crippen MR) is 99.4 cm³/mol. The van der Waals surface area contributed by atoms with Gasteiger partial charge in [0.1, 0.15) is 0 Å². The van der Waals surface area contributed by atoms with Crippen LogP contribution in [0.1, 0.15) is 26.2 Å². The van der Waals surface area contributed by atoms with Crippen LogP contribution < -0.4 is 0 Å². The summed E-state index contributed by atoms with van der Waals surface area (Å²) < 4.78 is 0. The van der Waals surface area contributed by atoms with E-state index in [0.29, 0.717) is 6.54 Å². The van der Waals surface area contributed by atoms with Gasteiger partial charge in [-0.15, -0.1) is 0 Å². The molecule has 0 spiro atoms. The lowest BCUT2D eigenvalue weighted by Crippen LogP contribution is -2.38. The Morgan fingerprint density at radius 3 is 2.96 bits per heavy atom. The van der Waals surface area contributed by atoms with Gasteiger partial charge in [-0.25, -0.2) is 0 Å². The number of hydrogen-bond acceptors (Lipinski definition) is 2. The summed E-state index contributed by atoms with van der Waals surface area (Å²) in [5.41, 5.74) is 4.59. The first kappa shape index (κ1) is 18.2. The highest BCUT2D eigenvalue weighted by atomic mass is 16.3. The Morgan fingerprint density at radius 2 is 2.29 bits per heavy atom. The lowest BCUT2D eigenvalue weighted by atomic mass is 9.77. The van der Waals surface area contributed by atoms with Gasteiger partial charge in [0.05, 0.1) is 12.5 Å². The van der Waals surface area contributed by atoms with Crippen molar-refractivity contribution >= 4 is 5.91 Å². The maximum atomic E-state index is 12.6. The van der Waals surface area contributed by atoms with Crippen molar-refractivity contribution in [2.45, 2.75) is 26.2 Å². The van der Waals surface area contributed by atoms with Crippen molar-refractivity contribution in [3.63, 3.8) is 0 Å². The number of hydrogen-bond donors (Lipinski definition) is 1. The molecule has 1 N–H and O–H groups in total. The van der Waals surface area contributed by atoms with Crippen LogP contribution in [0.15, 0.2) is 71.4 Å². The normalized spacial score (nSPS) is 20.4. The van der Waals surface area contributed by atoms with E-state index in [1.807, 2.05) is 49.3 Å². The van der Waals surface area contributed by atoms with E-state index in [2.05, 4.69) is 12.7 Å². The third kappa shape index (κ3) is 4.45. The van der Waals surface area contributed by atoms with E-state index in [1.54, 1.807) is 6.08 Å².